The molecule has 0 radical (unpaired) electrons. The van der Waals surface area contributed by atoms with Crippen LogP contribution < -0.4 is 15.6 Å². The summed E-state index contributed by atoms with van der Waals surface area (Å²) in [6.07, 6.45) is 0. The van der Waals surface area contributed by atoms with Gasteiger partial charge in [0, 0.05) is 11.5 Å². The zero-order chi connectivity index (χ0) is 17.3. The van der Waals surface area contributed by atoms with Gasteiger partial charge in [0.15, 0.2) is 0 Å². The molecule has 1 aromatic carbocycles. The highest BCUT2D eigenvalue weighted by Crippen LogP contribution is 2.26. The molecule has 0 spiro atoms. The number of H-pyrrole nitrogens is 1. The summed E-state index contributed by atoms with van der Waals surface area (Å²) in [4.78, 5) is 27.8. The van der Waals surface area contributed by atoms with Crippen molar-refractivity contribution < 1.29 is 4.74 Å². The maximum Gasteiger partial charge on any atom is 0.252 e. The average Bonchev–Trinajstić information content (AvgIpc) is 2.53. The van der Waals surface area contributed by atoms with E-state index in [0.29, 0.717) is 28.9 Å². The van der Waals surface area contributed by atoms with Gasteiger partial charge in [0.05, 0.1) is 18.5 Å². The van der Waals surface area contributed by atoms with Gasteiger partial charge in [0.2, 0.25) is 11.9 Å². The molecule has 2 N–H and O–H groups in total. The van der Waals surface area contributed by atoms with Gasteiger partial charge in [-0.25, -0.2) is 15.0 Å². The molecule has 0 saturated heterocycles. The van der Waals surface area contributed by atoms with Gasteiger partial charge in [-0.1, -0.05) is 26.0 Å². The van der Waals surface area contributed by atoms with Crippen LogP contribution in [0.2, 0.25) is 0 Å². The molecule has 0 atom stereocenters. The second kappa shape index (κ2) is 6.27. The molecule has 24 heavy (non-hydrogen) atoms. The molecule has 124 valence electrons. The summed E-state index contributed by atoms with van der Waals surface area (Å²) in [7, 11) is 1.60. The topological polar surface area (TPSA) is 92.8 Å². The van der Waals surface area contributed by atoms with Crippen LogP contribution in [0.4, 0.5) is 11.9 Å². The Bertz CT molecular complexity index is 949. The minimum absolute atomic E-state index is 0.146. The summed E-state index contributed by atoms with van der Waals surface area (Å²) in [5.41, 5.74) is 2.00. The van der Waals surface area contributed by atoms with Crippen LogP contribution in [0.3, 0.4) is 0 Å². The zero-order valence-electron chi connectivity index (χ0n) is 14.0. The Morgan fingerprint density at radius 1 is 1.21 bits per heavy atom. The fraction of sp³-hybridized carbons (Fsp3) is 0.294. The number of rotatable bonds is 4. The van der Waals surface area contributed by atoms with Gasteiger partial charge in [-0.3, -0.25) is 15.1 Å². The van der Waals surface area contributed by atoms with Crippen molar-refractivity contribution in [3.05, 3.63) is 46.0 Å². The smallest absolute Gasteiger partial charge is 0.252 e. The standard InChI is InChI=1S/C17H19N5O2/c1-9(2)12-8-14(23)20-17(19-12)22-16-18-10(3)11-6-5-7-13(24-4)15(11)21-16/h5-9H,1-4H3,(H2,18,19,20,21,22,23). The third kappa shape index (κ3) is 3.05. The normalized spacial score (nSPS) is 11.0. The Balaban J connectivity index is 2.06. The number of aromatic amines is 1. The highest BCUT2D eigenvalue weighted by Gasteiger charge is 2.11. The fourth-order valence-electron chi connectivity index (χ4n) is 2.44. The molecule has 0 fully saturated rings. The lowest BCUT2D eigenvalue weighted by Gasteiger charge is -2.11. The Hall–Kier alpha value is -2.96. The molecule has 2 aromatic heterocycles. The minimum atomic E-state index is -0.216. The van der Waals surface area contributed by atoms with Crippen molar-refractivity contribution in [1.29, 1.82) is 0 Å². The number of ether oxygens (including phenoxy) is 1. The Kier molecular flexibility index (Phi) is 4.16. The van der Waals surface area contributed by atoms with E-state index in [9.17, 15) is 4.79 Å². The first kappa shape index (κ1) is 15.9. The van der Waals surface area contributed by atoms with Crippen LogP contribution >= 0.6 is 0 Å². The van der Waals surface area contributed by atoms with E-state index in [-0.39, 0.29) is 11.5 Å². The number of nitrogens with one attached hydrogen (secondary N) is 2. The van der Waals surface area contributed by atoms with Crippen molar-refractivity contribution in [2.45, 2.75) is 26.7 Å². The molecule has 3 rings (SSSR count). The van der Waals surface area contributed by atoms with Crippen LogP contribution in [0.15, 0.2) is 29.1 Å². The first-order chi connectivity index (χ1) is 11.5. The molecule has 3 aromatic rings. The number of hydrogen-bond donors (Lipinski definition) is 2. The molecule has 2 heterocycles. The maximum atomic E-state index is 11.8. The van der Waals surface area contributed by atoms with E-state index in [4.69, 9.17) is 4.74 Å². The first-order valence-electron chi connectivity index (χ1n) is 7.67. The van der Waals surface area contributed by atoms with Crippen molar-refractivity contribution in [3.63, 3.8) is 0 Å². The van der Waals surface area contributed by atoms with Crippen LogP contribution in [0.1, 0.15) is 31.2 Å². The van der Waals surface area contributed by atoms with E-state index in [1.807, 2.05) is 39.0 Å². The first-order valence-corrected chi connectivity index (χ1v) is 7.67. The Morgan fingerprint density at radius 3 is 2.71 bits per heavy atom. The molecule has 0 aliphatic heterocycles. The third-order valence-electron chi connectivity index (χ3n) is 3.68. The second-order valence-electron chi connectivity index (χ2n) is 5.79. The van der Waals surface area contributed by atoms with Crippen LogP contribution in [-0.2, 0) is 0 Å². The monoisotopic (exact) mass is 325 g/mol. The van der Waals surface area contributed by atoms with E-state index in [2.05, 4.69) is 25.3 Å². The largest absolute Gasteiger partial charge is 0.494 e. The molecule has 0 amide bonds. The number of aryl methyl sites for hydroxylation is 1. The van der Waals surface area contributed by atoms with Crippen LogP contribution in [-0.4, -0.2) is 27.0 Å². The highest BCUT2D eigenvalue weighted by molar-refractivity contribution is 5.87. The maximum absolute atomic E-state index is 11.8. The highest BCUT2D eigenvalue weighted by atomic mass is 16.5. The van der Waals surface area contributed by atoms with Gasteiger partial charge in [0.1, 0.15) is 11.3 Å². The average molecular weight is 325 g/mol. The van der Waals surface area contributed by atoms with E-state index in [1.54, 1.807) is 7.11 Å². The SMILES string of the molecule is COc1cccc2c(C)nc(Nc3nc(C(C)C)cc(=O)[nH]3)nc12. The number of nitrogens with zero attached hydrogens (tertiary/aromatic N) is 3. The number of anilines is 2. The predicted molar refractivity (Wildman–Crippen MR) is 93.1 cm³/mol. The van der Waals surface area contributed by atoms with Crippen LogP contribution in [0.5, 0.6) is 5.75 Å². The van der Waals surface area contributed by atoms with E-state index in [0.717, 1.165) is 11.1 Å². The fourth-order valence-corrected chi connectivity index (χ4v) is 2.44. The van der Waals surface area contributed by atoms with Gasteiger partial charge >= 0.3 is 0 Å². The van der Waals surface area contributed by atoms with Crippen molar-refractivity contribution in [1.82, 2.24) is 19.9 Å². The second-order valence-corrected chi connectivity index (χ2v) is 5.79. The van der Waals surface area contributed by atoms with Crippen molar-refractivity contribution in [3.8, 4) is 5.75 Å². The summed E-state index contributed by atoms with van der Waals surface area (Å²) < 4.78 is 5.37. The zero-order valence-corrected chi connectivity index (χ0v) is 14.0. The van der Waals surface area contributed by atoms with Gasteiger partial charge in [0.25, 0.3) is 5.56 Å². The van der Waals surface area contributed by atoms with Gasteiger partial charge < -0.3 is 4.74 Å². The Labute approximate surface area is 139 Å². The number of aromatic nitrogens is 4. The van der Waals surface area contributed by atoms with Crippen LogP contribution in [0, 0.1) is 6.92 Å². The lowest BCUT2D eigenvalue weighted by molar-refractivity contribution is 0.419. The number of methoxy groups -OCH3 is 1. The number of fused-ring (bicyclic) bond motifs is 1. The predicted octanol–water partition coefficient (Wildman–Crippen LogP) is 2.90. The molecule has 0 bridgehead atoms. The molecule has 0 unspecified atom stereocenters. The van der Waals surface area contributed by atoms with Crippen molar-refractivity contribution in [2.75, 3.05) is 12.4 Å². The van der Waals surface area contributed by atoms with Crippen molar-refractivity contribution >= 4 is 22.8 Å². The minimum Gasteiger partial charge on any atom is -0.494 e. The lowest BCUT2D eigenvalue weighted by atomic mass is 10.1. The van der Waals surface area contributed by atoms with E-state index in [1.165, 1.54) is 6.07 Å². The number of hydrogen-bond acceptors (Lipinski definition) is 6. The van der Waals surface area contributed by atoms with E-state index >= 15 is 0 Å². The van der Waals surface area contributed by atoms with E-state index < -0.39 is 0 Å². The number of para-hydroxylation sites is 1. The summed E-state index contributed by atoms with van der Waals surface area (Å²) in [5.74, 6) is 1.49. The van der Waals surface area contributed by atoms with Gasteiger partial charge in [-0.05, 0) is 18.9 Å². The molecular weight excluding hydrogens is 306 g/mol. The lowest BCUT2D eigenvalue weighted by Crippen LogP contribution is -2.14. The van der Waals surface area contributed by atoms with Crippen molar-refractivity contribution in [2.24, 2.45) is 0 Å². The molecule has 7 heteroatoms. The summed E-state index contributed by atoms with van der Waals surface area (Å²) in [6.45, 7) is 5.86. The Morgan fingerprint density at radius 2 is 2.00 bits per heavy atom. The molecular formula is C17H19N5O2. The summed E-state index contributed by atoms with van der Waals surface area (Å²) in [6, 6.07) is 7.18. The summed E-state index contributed by atoms with van der Waals surface area (Å²) >= 11 is 0. The van der Waals surface area contributed by atoms with Gasteiger partial charge in [-0.2, -0.15) is 0 Å². The molecule has 0 saturated carbocycles. The quantitative estimate of drug-likeness (QED) is 0.766. The summed E-state index contributed by atoms with van der Waals surface area (Å²) in [5, 5.41) is 3.89. The van der Waals surface area contributed by atoms with Crippen LogP contribution in [0.25, 0.3) is 10.9 Å². The molecule has 0 aliphatic rings. The van der Waals surface area contributed by atoms with Gasteiger partial charge in [-0.15, -0.1) is 0 Å². The number of benzene rings is 1. The molecule has 0 aliphatic carbocycles. The molecule has 7 nitrogen and oxygen atoms in total. The third-order valence-corrected chi connectivity index (χ3v) is 3.68.